The average molecular weight is 533 g/mol. The molecule has 2 N–H and O–H groups in total. The van der Waals surface area contributed by atoms with Gasteiger partial charge in [-0.05, 0) is 49.1 Å². The maximum Gasteiger partial charge on any atom is 0.350 e. The lowest BCUT2D eigenvalue weighted by atomic mass is 9.98. The molecule has 0 bridgehead atoms. The number of nitrogens with one attached hydrogen (secondary N) is 1. The van der Waals surface area contributed by atoms with Gasteiger partial charge in [0, 0.05) is 13.1 Å². The van der Waals surface area contributed by atoms with Crippen molar-refractivity contribution in [1.82, 2.24) is 10.2 Å². The number of amides is 1. The maximum absolute atomic E-state index is 13.2. The highest BCUT2D eigenvalue weighted by atomic mass is 16.6. The lowest BCUT2D eigenvalue weighted by Gasteiger charge is -2.32. The Balaban J connectivity index is 0.00000135. The van der Waals surface area contributed by atoms with Crippen molar-refractivity contribution in [3.8, 4) is 11.5 Å². The van der Waals surface area contributed by atoms with E-state index >= 15 is 0 Å². The number of ether oxygens (including phenoxy) is 4. The molecule has 1 heterocycles. The van der Waals surface area contributed by atoms with Crippen LogP contribution in [-0.4, -0.2) is 68.0 Å². The molecule has 0 radical (unpaired) electrons. The normalized spacial score (nSPS) is 13.3. The molecule has 0 aromatic heterocycles. The zero-order valence-corrected chi connectivity index (χ0v) is 23.1. The monoisotopic (exact) mass is 532 g/mol. The van der Waals surface area contributed by atoms with Gasteiger partial charge >= 0.3 is 5.97 Å². The van der Waals surface area contributed by atoms with Gasteiger partial charge in [-0.2, -0.15) is 0 Å². The van der Waals surface area contributed by atoms with Gasteiger partial charge in [0.05, 0.1) is 33.5 Å². The van der Waals surface area contributed by atoms with Gasteiger partial charge in [0.25, 0.3) is 6.47 Å². The van der Waals surface area contributed by atoms with Crippen LogP contribution in [0.4, 0.5) is 0 Å². The molecule has 2 atom stereocenters. The van der Waals surface area contributed by atoms with E-state index in [0.717, 1.165) is 16.7 Å². The minimum Gasteiger partial charge on any atom is -0.493 e. The first-order valence-electron chi connectivity index (χ1n) is 12.6. The molecular formula is C28H40N2O8. The second kappa shape index (κ2) is 17.8. The number of fused-ring (bicyclic) bond motifs is 1. The summed E-state index contributed by atoms with van der Waals surface area (Å²) in [6.45, 7) is 8.68. The molecule has 10 nitrogen and oxygen atoms in total. The van der Waals surface area contributed by atoms with Crippen LogP contribution < -0.4 is 14.8 Å². The number of hydrogen-bond donors (Lipinski definition) is 2. The van der Waals surface area contributed by atoms with E-state index in [1.165, 1.54) is 0 Å². The lowest BCUT2D eigenvalue weighted by molar-refractivity contribution is -0.161. The second-order valence-electron chi connectivity index (χ2n) is 7.91. The molecule has 2 unspecified atom stereocenters. The van der Waals surface area contributed by atoms with Gasteiger partial charge in [-0.3, -0.25) is 14.9 Å². The molecule has 0 saturated heterocycles. The van der Waals surface area contributed by atoms with Crippen LogP contribution in [0.2, 0.25) is 0 Å². The van der Waals surface area contributed by atoms with Gasteiger partial charge in [-0.15, -0.1) is 0 Å². The third kappa shape index (κ3) is 9.68. The predicted molar refractivity (Wildman–Crippen MR) is 143 cm³/mol. The van der Waals surface area contributed by atoms with E-state index in [2.05, 4.69) is 5.32 Å². The summed E-state index contributed by atoms with van der Waals surface area (Å²) in [4.78, 5) is 35.7. The second-order valence-corrected chi connectivity index (χ2v) is 7.91. The first-order valence-corrected chi connectivity index (χ1v) is 12.6. The molecule has 3 rings (SSSR count). The van der Waals surface area contributed by atoms with Crippen molar-refractivity contribution in [2.24, 2.45) is 0 Å². The number of carboxylic acid groups (broad SMARTS) is 1. The molecule has 38 heavy (non-hydrogen) atoms. The van der Waals surface area contributed by atoms with Crippen molar-refractivity contribution >= 4 is 18.3 Å². The number of methoxy groups -OCH3 is 2. The van der Waals surface area contributed by atoms with Gasteiger partial charge in [0.1, 0.15) is 0 Å². The summed E-state index contributed by atoms with van der Waals surface area (Å²) >= 11 is 0. The molecule has 0 spiro atoms. The number of nitrogens with zero attached hydrogens (tertiary/aromatic N) is 1. The fourth-order valence-electron chi connectivity index (χ4n) is 3.80. The van der Waals surface area contributed by atoms with E-state index in [0.29, 0.717) is 31.0 Å². The fraction of sp³-hybridized carbons (Fsp3) is 0.464. The molecule has 2 aromatic rings. The Morgan fingerprint density at radius 2 is 1.66 bits per heavy atom. The van der Waals surface area contributed by atoms with E-state index in [-0.39, 0.29) is 25.6 Å². The van der Waals surface area contributed by atoms with Gasteiger partial charge in [-0.25, -0.2) is 4.79 Å². The number of carbonyl (C=O) groups is 3. The molecule has 0 saturated carbocycles. The molecule has 10 heteroatoms. The molecule has 210 valence electrons. The largest absolute Gasteiger partial charge is 0.493 e. The van der Waals surface area contributed by atoms with E-state index in [1.54, 1.807) is 33.0 Å². The van der Waals surface area contributed by atoms with E-state index in [1.807, 2.05) is 56.3 Å². The Hall–Kier alpha value is -3.63. The molecule has 1 aliphatic heterocycles. The summed E-state index contributed by atoms with van der Waals surface area (Å²) in [7, 11) is 3.20. The van der Waals surface area contributed by atoms with Crippen LogP contribution in [0.25, 0.3) is 0 Å². The number of benzene rings is 2. The van der Waals surface area contributed by atoms with Crippen LogP contribution in [0.5, 0.6) is 11.5 Å². The first-order chi connectivity index (χ1) is 18.4. The van der Waals surface area contributed by atoms with Crippen molar-refractivity contribution in [3.63, 3.8) is 0 Å². The first kappa shape index (κ1) is 32.4. The Morgan fingerprint density at radius 3 is 2.21 bits per heavy atom. The summed E-state index contributed by atoms with van der Waals surface area (Å²) in [5, 5.41) is 9.89. The van der Waals surface area contributed by atoms with Gasteiger partial charge < -0.3 is 29.0 Å². The van der Waals surface area contributed by atoms with Gasteiger partial charge in [-0.1, -0.05) is 44.2 Å². The maximum atomic E-state index is 13.2. The Bertz CT molecular complexity index is 1000. The quantitative estimate of drug-likeness (QED) is 0.269. The molecule has 2 aromatic carbocycles. The minimum atomic E-state index is -1.05. The Morgan fingerprint density at radius 1 is 1.08 bits per heavy atom. The predicted octanol–water partition coefficient (Wildman–Crippen LogP) is 3.40. The molecule has 0 fully saturated rings. The van der Waals surface area contributed by atoms with Crippen LogP contribution >= 0.6 is 0 Å². The minimum absolute atomic E-state index is 0.118. The zero-order valence-electron chi connectivity index (χ0n) is 23.1. The standard InChI is InChI=1S/C25H32N2O6.C2H6.CH2O2/c1-5-32-25(29)23(33-16-18-9-7-6-8-10-18)26-17(2)24(28)27-12-11-19-13-21(30-3)22(31-4)14-20(19)15-27;1-2;2-1-3/h6-10,13-14,17,23,26H,5,11-12,15-16H2,1-4H3;1-2H3;1H,(H,2,3). The summed E-state index contributed by atoms with van der Waals surface area (Å²) in [6.07, 6.45) is -0.342. The van der Waals surface area contributed by atoms with Crippen molar-refractivity contribution in [2.45, 2.75) is 59.5 Å². The number of esters is 1. The topological polar surface area (TPSA) is 124 Å². The van der Waals surface area contributed by atoms with Crippen LogP contribution in [0.15, 0.2) is 42.5 Å². The van der Waals surface area contributed by atoms with Crippen molar-refractivity contribution in [2.75, 3.05) is 27.4 Å². The number of hydrogen-bond acceptors (Lipinski definition) is 8. The highest BCUT2D eigenvalue weighted by Gasteiger charge is 2.30. The fourth-order valence-corrected chi connectivity index (χ4v) is 3.80. The van der Waals surface area contributed by atoms with Crippen LogP contribution in [-0.2, 0) is 43.4 Å². The van der Waals surface area contributed by atoms with Crippen molar-refractivity contribution in [3.05, 3.63) is 59.2 Å². The molecular weight excluding hydrogens is 492 g/mol. The Labute approximate surface area is 224 Å². The van der Waals surface area contributed by atoms with Gasteiger partial charge in [0.15, 0.2) is 11.5 Å². The van der Waals surface area contributed by atoms with Crippen molar-refractivity contribution < 1.29 is 38.4 Å². The summed E-state index contributed by atoms with van der Waals surface area (Å²) in [6, 6.07) is 12.8. The summed E-state index contributed by atoms with van der Waals surface area (Å²) in [5.41, 5.74) is 3.07. The van der Waals surface area contributed by atoms with Crippen LogP contribution in [0, 0.1) is 0 Å². The smallest absolute Gasteiger partial charge is 0.350 e. The average Bonchev–Trinajstić information content (AvgIpc) is 2.95. The van der Waals surface area contributed by atoms with Crippen molar-refractivity contribution in [1.29, 1.82) is 0 Å². The number of carbonyl (C=O) groups excluding carboxylic acids is 2. The zero-order chi connectivity index (χ0) is 28.5. The van der Waals surface area contributed by atoms with E-state index in [4.69, 9.17) is 28.8 Å². The third-order valence-electron chi connectivity index (χ3n) is 5.56. The molecule has 0 aliphatic carbocycles. The summed E-state index contributed by atoms with van der Waals surface area (Å²) < 4.78 is 21.7. The molecule has 1 amide bonds. The van der Waals surface area contributed by atoms with Crippen LogP contribution in [0.3, 0.4) is 0 Å². The highest BCUT2D eigenvalue weighted by molar-refractivity contribution is 5.83. The van der Waals surface area contributed by atoms with E-state index in [9.17, 15) is 9.59 Å². The lowest BCUT2D eigenvalue weighted by Crippen LogP contribution is -2.52. The van der Waals surface area contributed by atoms with Gasteiger partial charge in [0.2, 0.25) is 12.1 Å². The third-order valence-corrected chi connectivity index (χ3v) is 5.56. The summed E-state index contributed by atoms with van der Waals surface area (Å²) in [5.74, 6) is 0.647. The SMILES string of the molecule is CC.CCOC(=O)C(NC(C)C(=O)N1CCc2cc(OC)c(OC)cc2C1)OCc1ccccc1.O=CO. The Kier molecular flexibility index (Phi) is 15.1. The van der Waals surface area contributed by atoms with E-state index < -0.39 is 18.2 Å². The van der Waals surface area contributed by atoms with Crippen LogP contribution in [0.1, 0.15) is 44.4 Å². The molecule has 1 aliphatic rings. The number of rotatable bonds is 10. The highest BCUT2D eigenvalue weighted by Crippen LogP contribution is 2.33.